The predicted octanol–water partition coefficient (Wildman–Crippen LogP) is 3.30. The standard InChI is InChI=1S/C16H19ClFNO4/c1-16(2,3)23-15(21)19-6-7-22-13(9-19)14(20)10-4-5-11(17)12(18)8-10/h4-5,8,13H,6-7,9H2,1-3H3. The van der Waals surface area contributed by atoms with Gasteiger partial charge in [-0.15, -0.1) is 0 Å². The number of ketones is 1. The minimum absolute atomic E-state index is 0.0542. The number of Topliss-reactive ketones (excluding diaryl/α,β-unsaturated/α-hetero) is 1. The minimum atomic E-state index is -0.850. The maximum Gasteiger partial charge on any atom is 0.410 e. The first-order valence-electron chi connectivity index (χ1n) is 7.26. The molecule has 7 heteroatoms. The lowest BCUT2D eigenvalue weighted by atomic mass is 10.0. The lowest BCUT2D eigenvalue weighted by molar-refractivity contribution is -0.0321. The fourth-order valence-corrected chi connectivity index (χ4v) is 2.25. The highest BCUT2D eigenvalue weighted by molar-refractivity contribution is 6.30. The largest absolute Gasteiger partial charge is 0.444 e. The molecule has 0 N–H and O–H groups in total. The third-order valence-electron chi connectivity index (χ3n) is 3.21. The molecule has 0 bridgehead atoms. The van der Waals surface area contributed by atoms with Crippen molar-refractivity contribution in [3.8, 4) is 0 Å². The number of nitrogens with zero attached hydrogens (tertiary/aromatic N) is 1. The van der Waals surface area contributed by atoms with E-state index in [4.69, 9.17) is 21.1 Å². The van der Waals surface area contributed by atoms with Crippen LogP contribution in [0.4, 0.5) is 9.18 Å². The fraction of sp³-hybridized carbons (Fsp3) is 0.500. The Bertz CT molecular complexity index is 615. The molecule has 1 aromatic rings. The summed E-state index contributed by atoms with van der Waals surface area (Å²) in [6, 6.07) is 3.82. The minimum Gasteiger partial charge on any atom is -0.444 e. The van der Waals surface area contributed by atoms with E-state index < -0.39 is 29.4 Å². The molecule has 1 saturated heterocycles. The Labute approximate surface area is 139 Å². The molecule has 2 rings (SSSR count). The quantitative estimate of drug-likeness (QED) is 0.773. The number of ether oxygens (including phenoxy) is 2. The smallest absolute Gasteiger partial charge is 0.410 e. The van der Waals surface area contributed by atoms with Crippen LogP contribution in [0.25, 0.3) is 0 Å². The summed E-state index contributed by atoms with van der Waals surface area (Å²) >= 11 is 5.61. The first-order chi connectivity index (χ1) is 10.7. The summed E-state index contributed by atoms with van der Waals surface area (Å²) in [6.07, 6.45) is -1.35. The van der Waals surface area contributed by atoms with Crippen molar-refractivity contribution in [3.05, 3.63) is 34.6 Å². The van der Waals surface area contributed by atoms with Gasteiger partial charge in [-0.05, 0) is 39.0 Å². The van der Waals surface area contributed by atoms with Crippen molar-refractivity contribution in [2.45, 2.75) is 32.5 Å². The highest BCUT2D eigenvalue weighted by Crippen LogP contribution is 2.19. The second-order valence-corrected chi connectivity index (χ2v) is 6.69. The second-order valence-electron chi connectivity index (χ2n) is 6.28. The van der Waals surface area contributed by atoms with Gasteiger partial charge in [0.25, 0.3) is 0 Å². The van der Waals surface area contributed by atoms with Crippen molar-refractivity contribution in [1.82, 2.24) is 4.90 Å². The van der Waals surface area contributed by atoms with Crippen molar-refractivity contribution in [3.63, 3.8) is 0 Å². The van der Waals surface area contributed by atoms with Crippen LogP contribution in [0.2, 0.25) is 5.02 Å². The zero-order valence-electron chi connectivity index (χ0n) is 13.3. The van der Waals surface area contributed by atoms with Crippen molar-refractivity contribution < 1.29 is 23.5 Å². The Kier molecular flexibility index (Phi) is 5.26. The Hall–Kier alpha value is -1.66. The zero-order valence-corrected chi connectivity index (χ0v) is 14.0. The summed E-state index contributed by atoms with van der Waals surface area (Å²) < 4.78 is 24.2. The molecule has 5 nitrogen and oxygen atoms in total. The van der Waals surface area contributed by atoms with Crippen LogP contribution in [0.5, 0.6) is 0 Å². The number of amides is 1. The van der Waals surface area contributed by atoms with Crippen LogP contribution in [0, 0.1) is 5.82 Å². The van der Waals surface area contributed by atoms with E-state index in [0.717, 1.165) is 6.07 Å². The number of hydrogen-bond acceptors (Lipinski definition) is 4. The predicted molar refractivity (Wildman–Crippen MR) is 83.3 cm³/mol. The molecule has 1 fully saturated rings. The monoisotopic (exact) mass is 343 g/mol. The van der Waals surface area contributed by atoms with E-state index in [1.807, 2.05) is 0 Å². The molecule has 23 heavy (non-hydrogen) atoms. The number of morpholine rings is 1. The highest BCUT2D eigenvalue weighted by atomic mass is 35.5. The van der Waals surface area contributed by atoms with Crippen LogP contribution < -0.4 is 0 Å². The molecule has 0 saturated carbocycles. The Morgan fingerprint density at radius 1 is 1.39 bits per heavy atom. The average molecular weight is 344 g/mol. The van der Waals surface area contributed by atoms with Crippen LogP contribution in [0.1, 0.15) is 31.1 Å². The summed E-state index contributed by atoms with van der Waals surface area (Å²) in [5.41, 5.74) is -0.461. The van der Waals surface area contributed by atoms with E-state index in [0.29, 0.717) is 6.54 Å². The van der Waals surface area contributed by atoms with Crippen LogP contribution >= 0.6 is 11.6 Å². The van der Waals surface area contributed by atoms with E-state index in [2.05, 4.69) is 0 Å². The molecule has 1 aliphatic rings. The van der Waals surface area contributed by atoms with Gasteiger partial charge in [0.1, 0.15) is 17.5 Å². The average Bonchev–Trinajstić information content (AvgIpc) is 2.48. The molecule has 0 aliphatic carbocycles. The molecule has 1 aromatic carbocycles. The highest BCUT2D eigenvalue weighted by Gasteiger charge is 2.32. The summed E-state index contributed by atoms with van der Waals surface area (Å²) in [5.74, 6) is -1.06. The molecule has 0 aromatic heterocycles. The van der Waals surface area contributed by atoms with Crippen LogP contribution in [-0.2, 0) is 9.47 Å². The summed E-state index contributed by atoms with van der Waals surface area (Å²) in [7, 11) is 0. The molecule has 1 unspecified atom stereocenters. The topological polar surface area (TPSA) is 55.8 Å². The van der Waals surface area contributed by atoms with Gasteiger partial charge >= 0.3 is 6.09 Å². The Morgan fingerprint density at radius 3 is 2.70 bits per heavy atom. The van der Waals surface area contributed by atoms with Crippen molar-refractivity contribution in [2.24, 2.45) is 0 Å². The zero-order chi connectivity index (χ0) is 17.2. The number of halogens is 2. The van der Waals surface area contributed by atoms with Gasteiger partial charge in [0.2, 0.25) is 0 Å². The number of carbonyl (C=O) groups is 2. The van der Waals surface area contributed by atoms with Crippen molar-refractivity contribution >= 4 is 23.5 Å². The third kappa shape index (κ3) is 4.65. The van der Waals surface area contributed by atoms with E-state index >= 15 is 0 Å². The van der Waals surface area contributed by atoms with E-state index in [1.54, 1.807) is 20.8 Å². The summed E-state index contributed by atoms with van der Waals surface area (Å²) in [5, 5.41) is -0.0542. The Balaban J connectivity index is 2.07. The first kappa shape index (κ1) is 17.7. The van der Waals surface area contributed by atoms with Gasteiger partial charge in [-0.1, -0.05) is 11.6 Å². The number of carbonyl (C=O) groups excluding carboxylic acids is 2. The van der Waals surface area contributed by atoms with Crippen LogP contribution in [0.15, 0.2) is 18.2 Å². The maximum absolute atomic E-state index is 13.5. The summed E-state index contributed by atoms with van der Waals surface area (Å²) in [4.78, 5) is 25.9. The SMILES string of the molecule is CC(C)(C)OC(=O)N1CCOC(C(=O)c2ccc(Cl)c(F)c2)C1. The number of rotatable bonds is 2. The Morgan fingerprint density at radius 2 is 2.09 bits per heavy atom. The molecule has 1 heterocycles. The number of hydrogen-bond donors (Lipinski definition) is 0. The van der Waals surface area contributed by atoms with Gasteiger partial charge < -0.3 is 14.4 Å². The maximum atomic E-state index is 13.5. The van der Waals surface area contributed by atoms with Crippen molar-refractivity contribution in [2.75, 3.05) is 19.7 Å². The molecule has 0 radical (unpaired) electrons. The number of benzene rings is 1. The molecule has 0 spiro atoms. The molecule has 126 valence electrons. The fourth-order valence-electron chi connectivity index (χ4n) is 2.14. The van der Waals surface area contributed by atoms with E-state index in [1.165, 1.54) is 17.0 Å². The molecular formula is C16H19ClFNO4. The molecule has 1 amide bonds. The first-order valence-corrected chi connectivity index (χ1v) is 7.64. The summed E-state index contributed by atoms with van der Waals surface area (Å²) in [6.45, 7) is 5.93. The lowest BCUT2D eigenvalue weighted by Crippen LogP contribution is -2.50. The van der Waals surface area contributed by atoms with E-state index in [-0.39, 0.29) is 23.7 Å². The van der Waals surface area contributed by atoms with E-state index in [9.17, 15) is 14.0 Å². The molecular weight excluding hydrogens is 325 g/mol. The van der Waals surface area contributed by atoms with Crippen molar-refractivity contribution in [1.29, 1.82) is 0 Å². The molecule has 1 atom stereocenters. The van der Waals surface area contributed by atoms with Gasteiger partial charge in [0, 0.05) is 12.1 Å². The normalized spacial score (nSPS) is 18.7. The van der Waals surface area contributed by atoms with Gasteiger partial charge in [0.15, 0.2) is 5.78 Å². The van der Waals surface area contributed by atoms with Gasteiger partial charge in [-0.2, -0.15) is 0 Å². The van der Waals surface area contributed by atoms with Crippen LogP contribution in [-0.4, -0.2) is 48.2 Å². The third-order valence-corrected chi connectivity index (χ3v) is 3.52. The van der Waals surface area contributed by atoms with Gasteiger partial charge in [0.05, 0.1) is 18.2 Å². The second kappa shape index (κ2) is 6.84. The van der Waals surface area contributed by atoms with Crippen LogP contribution in [0.3, 0.4) is 0 Å². The van der Waals surface area contributed by atoms with Gasteiger partial charge in [-0.25, -0.2) is 9.18 Å². The van der Waals surface area contributed by atoms with Gasteiger partial charge in [-0.3, -0.25) is 4.79 Å². The lowest BCUT2D eigenvalue weighted by Gasteiger charge is -2.33. The molecule has 1 aliphatic heterocycles.